The topological polar surface area (TPSA) is 73.9 Å². The number of nitrogens with one attached hydrogen (secondary N) is 1. The van der Waals surface area contributed by atoms with Crippen LogP contribution >= 0.6 is 0 Å². The predicted molar refractivity (Wildman–Crippen MR) is 105 cm³/mol. The van der Waals surface area contributed by atoms with E-state index >= 15 is 0 Å². The van der Waals surface area contributed by atoms with Crippen molar-refractivity contribution in [1.29, 1.82) is 0 Å². The van der Waals surface area contributed by atoms with Gasteiger partial charge in [-0.15, -0.1) is 0 Å². The Morgan fingerprint density at radius 2 is 1.71 bits per heavy atom. The molecule has 0 saturated heterocycles. The highest BCUT2D eigenvalue weighted by atomic mass is 16.6. The van der Waals surface area contributed by atoms with Gasteiger partial charge in [-0.25, -0.2) is 4.79 Å². The van der Waals surface area contributed by atoms with Crippen LogP contribution < -0.4 is 14.8 Å². The Hall–Kier alpha value is -3.02. The van der Waals surface area contributed by atoms with Gasteiger partial charge in [-0.3, -0.25) is 4.79 Å². The zero-order valence-corrected chi connectivity index (χ0v) is 16.4. The van der Waals surface area contributed by atoms with Crippen molar-refractivity contribution in [2.45, 2.75) is 38.3 Å². The van der Waals surface area contributed by atoms with Crippen molar-refractivity contribution in [2.75, 3.05) is 14.2 Å². The fourth-order valence-corrected chi connectivity index (χ4v) is 3.52. The van der Waals surface area contributed by atoms with Gasteiger partial charge in [-0.2, -0.15) is 0 Å². The molecule has 6 heteroatoms. The van der Waals surface area contributed by atoms with Crippen LogP contribution in [0.2, 0.25) is 0 Å². The molecule has 148 valence electrons. The molecule has 1 N–H and O–H groups in total. The van der Waals surface area contributed by atoms with E-state index in [0.29, 0.717) is 11.5 Å². The van der Waals surface area contributed by atoms with Crippen molar-refractivity contribution in [3.05, 3.63) is 59.2 Å². The van der Waals surface area contributed by atoms with Crippen LogP contribution in [-0.4, -0.2) is 32.2 Å². The summed E-state index contributed by atoms with van der Waals surface area (Å²) < 4.78 is 15.9. The van der Waals surface area contributed by atoms with Crippen molar-refractivity contribution >= 4 is 11.9 Å². The predicted octanol–water partition coefficient (Wildman–Crippen LogP) is 3.44. The Kier molecular flexibility index (Phi) is 6.19. The third kappa shape index (κ3) is 4.11. The lowest BCUT2D eigenvalue weighted by Gasteiger charge is -2.27. The summed E-state index contributed by atoms with van der Waals surface area (Å²) in [6, 6.07) is 13.0. The maximum absolute atomic E-state index is 12.6. The van der Waals surface area contributed by atoms with E-state index in [0.717, 1.165) is 24.8 Å². The standard InChI is InChI=1S/C22H25NO5/c1-14(28-22(25)20-18(26-2)12-7-13-19(20)27-3)21(24)23-17-11-6-9-15-8-4-5-10-16(15)17/h4-5,7-8,10,12-14,17H,6,9,11H2,1-3H3,(H,23,24)/t14-,17-/m1/s1. The van der Waals surface area contributed by atoms with Crippen molar-refractivity contribution < 1.29 is 23.8 Å². The number of hydrogen-bond donors (Lipinski definition) is 1. The number of amides is 1. The van der Waals surface area contributed by atoms with Gasteiger partial charge in [-0.05, 0) is 49.4 Å². The van der Waals surface area contributed by atoms with E-state index in [-0.39, 0.29) is 17.5 Å². The van der Waals surface area contributed by atoms with Gasteiger partial charge in [0.2, 0.25) is 0 Å². The first-order valence-corrected chi connectivity index (χ1v) is 9.35. The first-order chi connectivity index (χ1) is 13.5. The summed E-state index contributed by atoms with van der Waals surface area (Å²) in [5.74, 6) is -0.332. The SMILES string of the molecule is COc1cccc(OC)c1C(=O)O[C@H](C)C(=O)N[C@@H]1CCCc2ccccc21. The number of fused-ring (bicyclic) bond motifs is 1. The quantitative estimate of drug-likeness (QED) is 0.774. The number of rotatable bonds is 6. The summed E-state index contributed by atoms with van der Waals surface area (Å²) in [5.41, 5.74) is 2.55. The van der Waals surface area contributed by atoms with Crippen molar-refractivity contribution in [1.82, 2.24) is 5.32 Å². The summed E-state index contributed by atoms with van der Waals surface area (Å²) >= 11 is 0. The molecule has 0 saturated carbocycles. The van der Waals surface area contributed by atoms with Gasteiger partial charge >= 0.3 is 5.97 Å². The minimum absolute atomic E-state index is 0.0700. The monoisotopic (exact) mass is 383 g/mol. The Labute approximate surface area is 164 Å². The average molecular weight is 383 g/mol. The summed E-state index contributed by atoms with van der Waals surface area (Å²) in [6.07, 6.45) is 1.94. The van der Waals surface area contributed by atoms with E-state index < -0.39 is 12.1 Å². The number of carbonyl (C=O) groups excluding carboxylic acids is 2. The van der Waals surface area contributed by atoms with E-state index in [1.165, 1.54) is 19.8 Å². The number of esters is 1. The van der Waals surface area contributed by atoms with Gasteiger partial charge in [0.05, 0.1) is 20.3 Å². The van der Waals surface area contributed by atoms with Gasteiger partial charge in [0.25, 0.3) is 5.91 Å². The molecule has 2 aromatic rings. The Morgan fingerprint density at radius 3 is 2.39 bits per heavy atom. The van der Waals surface area contributed by atoms with Gasteiger partial charge in [0.1, 0.15) is 17.1 Å². The van der Waals surface area contributed by atoms with Crippen molar-refractivity contribution in [2.24, 2.45) is 0 Å². The van der Waals surface area contributed by atoms with E-state index in [1.807, 2.05) is 18.2 Å². The molecule has 0 fully saturated rings. The van der Waals surface area contributed by atoms with Crippen LogP contribution in [0.1, 0.15) is 47.3 Å². The molecule has 1 aliphatic carbocycles. The zero-order valence-electron chi connectivity index (χ0n) is 16.4. The van der Waals surface area contributed by atoms with Crippen molar-refractivity contribution in [3.8, 4) is 11.5 Å². The van der Waals surface area contributed by atoms with Crippen LogP contribution in [-0.2, 0) is 16.0 Å². The molecule has 6 nitrogen and oxygen atoms in total. The summed E-state index contributed by atoms with van der Waals surface area (Å²) in [7, 11) is 2.92. The highest BCUT2D eigenvalue weighted by Gasteiger charge is 2.27. The number of aryl methyl sites for hydroxylation is 1. The molecule has 0 aliphatic heterocycles. The fourth-order valence-electron chi connectivity index (χ4n) is 3.52. The van der Waals surface area contributed by atoms with E-state index in [4.69, 9.17) is 14.2 Å². The van der Waals surface area contributed by atoms with Crippen LogP contribution in [0.4, 0.5) is 0 Å². The van der Waals surface area contributed by atoms with Crippen molar-refractivity contribution in [3.63, 3.8) is 0 Å². The molecule has 1 amide bonds. The molecule has 0 spiro atoms. The first-order valence-electron chi connectivity index (χ1n) is 9.35. The number of hydrogen-bond acceptors (Lipinski definition) is 5. The second-order valence-electron chi connectivity index (χ2n) is 6.74. The largest absolute Gasteiger partial charge is 0.496 e. The molecule has 28 heavy (non-hydrogen) atoms. The normalized spacial score (nSPS) is 16.5. The highest BCUT2D eigenvalue weighted by molar-refractivity contribution is 5.97. The van der Waals surface area contributed by atoms with E-state index in [1.54, 1.807) is 25.1 Å². The van der Waals surface area contributed by atoms with Crippen LogP contribution in [0.3, 0.4) is 0 Å². The number of methoxy groups -OCH3 is 2. The summed E-state index contributed by atoms with van der Waals surface area (Å²) in [5, 5.41) is 3.01. The minimum atomic E-state index is -0.948. The maximum Gasteiger partial charge on any atom is 0.346 e. The molecule has 2 atom stereocenters. The Bertz CT molecular complexity index is 842. The second-order valence-corrected chi connectivity index (χ2v) is 6.74. The summed E-state index contributed by atoms with van der Waals surface area (Å²) in [6.45, 7) is 1.56. The lowest BCUT2D eigenvalue weighted by molar-refractivity contribution is -0.130. The van der Waals surface area contributed by atoms with Gasteiger partial charge in [-0.1, -0.05) is 30.3 Å². The van der Waals surface area contributed by atoms with Gasteiger partial charge < -0.3 is 19.5 Å². The second kappa shape index (κ2) is 8.78. The van der Waals surface area contributed by atoms with Gasteiger partial charge in [0, 0.05) is 0 Å². The van der Waals surface area contributed by atoms with Crippen LogP contribution in [0.15, 0.2) is 42.5 Å². The van der Waals surface area contributed by atoms with Crippen LogP contribution in [0.5, 0.6) is 11.5 Å². The van der Waals surface area contributed by atoms with E-state index in [2.05, 4.69) is 11.4 Å². The average Bonchev–Trinajstić information content (AvgIpc) is 2.73. The Balaban J connectivity index is 1.70. The van der Waals surface area contributed by atoms with E-state index in [9.17, 15) is 9.59 Å². The molecule has 2 aromatic carbocycles. The smallest absolute Gasteiger partial charge is 0.346 e. The van der Waals surface area contributed by atoms with Gasteiger partial charge in [0.15, 0.2) is 6.10 Å². The highest BCUT2D eigenvalue weighted by Crippen LogP contribution is 2.31. The molecule has 0 radical (unpaired) electrons. The molecule has 0 bridgehead atoms. The molecular formula is C22H25NO5. The molecule has 1 aliphatic rings. The third-order valence-electron chi connectivity index (χ3n) is 4.97. The van der Waals surface area contributed by atoms with Crippen LogP contribution in [0, 0.1) is 0 Å². The fraction of sp³-hybridized carbons (Fsp3) is 0.364. The van der Waals surface area contributed by atoms with Crippen LogP contribution in [0.25, 0.3) is 0 Å². The molecule has 0 aromatic heterocycles. The lowest BCUT2D eigenvalue weighted by atomic mass is 9.87. The minimum Gasteiger partial charge on any atom is -0.496 e. The lowest BCUT2D eigenvalue weighted by Crippen LogP contribution is -2.39. The zero-order chi connectivity index (χ0) is 20.1. The first kappa shape index (κ1) is 19.7. The number of carbonyl (C=O) groups is 2. The number of ether oxygens (including phenoxy) is 3. The molecule has 0 heterocycles. The number of benzene rings is 2. The Morgan fingerprint density at radius 1 is 1.04 bits per heavy atom. The molecule has 3 rings (SSSR count). The maximum atomic E-state index is 12.6. The molecule has 0 unspecified atom stereocenters. The summed E-state index contributed by atoms with van der Waals surface area (Å²) in [4.78, 5) is 25.3. The molecular weight excluding hydrogens is 358 g/mol. The third-order valence-corrected chi connectivity index (χ3v) is 4.97.